The Hall–Kier alpha value is -1.84. The number of rotatable bonds is 1. The first-order valence-electron chi connectivity index (χ1n) is 3.90. The van der Waals surface area contributed by atoms with Gasteiger partial charge in [-0.2, -0.15) is 0 Å². The predicted molar refractivity (Wildman–Crippen MR) is 48.9 cm³/mol. The van der Waals surface area contributed by atoms with Gasteiger partial charge in [0, 0.05) is 24.0 Å². The third-order valence-corrected chi connectivity index (χ3v) is 1.97. The van der Waals surface area contributed by atoms with Crippen LogP contribution in [0.15, 0.2) is 23.3 Å². The number of Topliss-reactive ketones (excluding diaryl/α,β-unsaturated/α-hetero) is 1. The van der Waals surface area contributed by atoms with Crippen molar-refractivity contribution >= 4 is 16.8 Å². The van der Waals surface area contributed by atoms with E-state index < -0.39 is 0 Å². The summed E-state index contributed by atoms with van der Waals surface area (Å²) >= 11 is 0. The maximum Gasteiger partial charge on any atom is 0.191 e. The molecular formula is C9H8N2O2. The Bertz CT molecular complexity index is 522. The molecular weight excluding hydrogens is 168 g/mol. The lowest BCUT2D eigenvalue weighted by Crippen LogP contribution is -2.02. The second-order valence-corrected chi connectivity index (χ2v) is 2.85. The van der Waals surface area contributed by atoms with Gasteiger partial charge < -0.3 is 9.97 Å². The summed E-state index contributed by atoms with van der Waals surface area (Å²) < 4.78 is 0. The lowest BCUT2D eigenvalue weighted by atomic mass is 10.1. The van der Waals surface area contributed by atoms with Crippen LogP contribution < -0.4 is 5.43 Å². The van der Waals surface area contributed by atoms with Gasteiger partial charge in [-0.3, -0.25) is 9.59 Å². The van der Waals surface area contributed by atoms with Crippen molar-refractivity contribution in [1.29, 1.82) is 0 Å². The molecule has 0 saturated heterocycles. The molecule has 0 aliphatic heterocycles. The molecule has 0 bridgehead atoms. The van der Waals surface area contributed by atoms with Crippen molar-refractivity contribution in [3.05, 3.63) is 34.2 Å². The second-order valence-electron chi connectivity index (χ2n) is 2.85. The van der Waals surface area contributed by atoms with E-state index in [9.17, 15) is 9.59 Å². The number of fused-ring (bicyclic) bond motifs is 1. The number of aromatic amines is 2. The zero-order chi connectivity index (χ0) is 9.42. The lowest BCUT2D eigenvalue weighted by molar-refractivity contribution is 0.101. The van der Waals surface area contributed by atoms with E-state index in [4.69, 9.17) is 0 Å². The van der Waals surface area contributed by atoms with E-state index in [-0.39, 0.29) is 11.2 Å². The first-order chi connectivity index (χ1) is 6.20. The van der Waals surface area contributed by atoms with Crippen LogP contribution in [0.3, 0.4) is 0 Å². The molecule has 0 spiro atoms. The summed E-state index contributed by atoms with van der Waals surface area (Å²) in [5.74, 6) is -0.108. The number of hydrogen-bond acceptors (Lipinski definition) is 2. The monoisotopic (exact) mass is 176 g/mol. The molecule has 2 heterocycles. The topological polar surface area (TPSA) is 65.7 Å². The SMILES string of the molecule is CC(=O)c1c[nH]c2[nH]ccc(=O)c12. The smallest absolute Gasteiger partial charge is 0.191 e. The molecule has 0 saturated carbocycles. The molecule has 2 aromatic rings. The second kappa shape index (κ2) is 2.58. The minimum absolute atomic E-state index is 0.108. The highest BCUT2D eigenvalue weighted by Crippen LogP contribution is 2.11. The molecule has 0 aliphatic carbocycles. The van der Waals surface area contributed by atoms with E-state index in [1.165, 1.54) is 13.0 Å². The van der Waals surface area contributed by atoms with Gasteiger partial charge in [0.2, 0.25) is 0 Å². The summed E-state index contributed by atoms with van der Waals surface area (Å²) in [4.78, 5) is 28.2. The van der Waals surface area contributed by atoms with Gasteiger partial charge in [-0.05, 0) is 6.92 Å². The number of H-pyrrole nitrogens is 2. The van der Waals surface area contributed by atoms with Crippen molar-refractivity contribution in [2.24, 2.45) is 0 Å². The number of nitrogens with one attached hydrogen (secondary N) is 2. The van der Waals surface area contributed by atoms with Crippen LogP contribution in [0.5, 0.6) is 0 Å². The average Bonchev–Trinajstić information content (AvgIpc) is 2.49. The number of carbonyl (C=O) groups excluding carboxylic acids is 1. The molecule has 0 fully saturated rings. The molecule has 2 N–H and O–H groups in total. The molecule has 0 unspecified atom stereocenters. The van der Waals surface area contributed by atoms with Gasteiger partial charge in [-0.1, -0.05) is 0 Å². The van der Waals surface area contributed by atoms with Gasteiger partial charge in [0.15, 0.2) is 11.2 Å². The maximum atomic E-state index is 11.4. The van der Waals surface area contributed by atoms with Crippen molar-refractivity contribution in [2.45, 2.75) is 6.92 Å². The minimum Gasteiger partial charge on any atom is -0.347 e. The molecule has 0 aromatic carbocycles. The molecule has 0 amide bonds. The number of carbonyl (C=O) groups is 1. The van der Waals surface area contributed by atoms with Crippen LogP contribution in [-0.4, -0.2) is 15.8 Å². The van der Waals surface area contributed by atoms with Gasteiger partial charge in [-0.25, -0.2) is 0 Å². The maximum absolute atomic E-state index is 11.4. The van der Waals surface area contributed by atoms with E-state index in [2.05, 4.69) is 9.97 Å². The molecule has 2 aromatic heterocycles. The molecule has 2 rings (SSSR count). The molecule has 0 radical (unpaired) electrons. The quantitative estimate of drug-likeness (QED) is 0.638. The number of hydrogen-bond donors (Lipinski definition) is 2. The fraction of sp³-hybridized carbons (Fsp3) is 0.111. The van der Waals surface area contributed by atoms with E-state index in [0.717, 1.165) is 0 Å². The van der Waals surface area contributed by atoms with Gasteiger partial charge in [0.25, 0.3) is 0 Å². The molecule has 0 atom stereocenters. The summed E-state index contributed by atoms with van der Waals surface area (Å²) in [5.41, 5.74) is 0.898. The molecule has 0 aliphatic rings. The van der Waals surface area contributed by atoms with Crippen LogP contribution in [-0.2, 0) is 0 Å². The van der Waals surface area contributed by atoms with Gasteiger partial charge in [0.1, 0.15) is 5.65 Å². The zero-order valence-corrected chi connectivity index (χ0v) is 7.05. The summed E-state index contributed by atoms with van der Waals surface area (Å²) in [5, 5.41) is 0.440. The predicted octanol–water partition coefficient (Wildman–Crippen LogP) is 1.06. The van der Waals surface area contributed by atoms with Crippen LogP contribution in [0.2, 0.25) is 0 Å². The van der Waals surface area contributed by atoms with Crippen LogP contribution in [0.25, 0.3) is 11.0 Å². The van der Waals surface area contributed by atoms with Crippen molar-refractivity contribution in [1.82, 2.24) is 9.97 Å². The Kier molecular flexibility index (Phi) is 1.55. The van der Waals surface area contributed by atoms with E-state index in [1.54, 1.807) is 12.4 Å². The van der Waals surface area contributed by atoms with Crippen molar-refractivity contribution < 1.29 is 4.79 Å². The van der Waals surface area contributed by atoms with Crippen LogP contribution >= 0.6 is 0 Å². The van der Waals surface area contributed by atoms with E-state index in [1.807, 2.05) is 0 Å². The molecule has 13 heavy (non-hydrogen) atoms. The highest BCUT2D eigenvalue weighted by molar-refractivity contribution is 6.05. The van der Waals surface area contributed by atoms with Crippen molar-refractivity contribution in [2.75, 3.05) is 0 Å². The normalized spacial score (nSPS) is 10.5. The Morgan fingerprint density at radius 3 is 2.85 bits per heavy atom. The van der Waals surface area contributed by atoms with Crippen LogP contribution in [0.1, 0.15) is 17.3 Å². The Labute approximate surface area is 73.6 Å². The Morgan fingerprint density at radius 1 is 1.38 bits per heavy atom. The Balaban J connectivity index is 2.95. The summed E-state index contributed by atoms with van der Waals surface area (Å²) in [6.45, 7) is 1.44. The number of aromatic nitrogens is 2. The first kappa shape index (κ1) is 7.79. The number of pyridine rings is 1. The highest BCUT2D eigenvalue weighted by Gasteiger charge is 2.09. The fourth-order valence-electron chi connectivity index (χ4n) is 1.35. The number of ketones is 1. The zero-order valence-electron chi connectivity index (χ0n) is 7.05. The summed E-state index contributed by atoms with van der Waals surface area (Å²) in [6.07, 6.45) is 3.09. The van der Waals surface area contributed by atoms with Gasteiger partial charge in [0.05, 0.1) is 5.39 Å². The fourth-order valence-corrected chi connectivity index (χ4v) is 1.35. The van der Waals surface area contributed by atoms with Crippen LogP contribution in [0.4, 0.5) is 0 Å². The molecule has 4 heteroatoms. The summed E-state index contributed by atoms with van der Waals surface area (Å²) in [6, 6.07) is 1.41. The lowest BCUT2D eigenvalue weighted by Gasteiger charge is -1.90. The highest BCUT2D eigenvalue weighted by atomic mass is 16.1. The Morgan fingerprint density at radius 2 is 2.15 bits per heavy atom. The van der Waals surface area contributed by atoms with Crippen molar-refractivity contribution in [3.63, 3.8) is 0 Å². The third-order valence-electron chi connectivity index (χ3n) is 1.97. The van der Waals surface area contributed by atoms with E-state index >= 15 is 0 Å². The van der Waals surface area contributed by atoms with Crippen LogP contribution in [0, 0.1) is 0 Å². The van der Waals surface area contributed by atoms with Gasteiger partial charge >= 0.3 is 0 Å². The molecule has 4 nitrogen and oxygen atoms in total. The molecule has 66 valence electrons. The van der Waals surface area contributed by atoms with E-state index in [0.29, 0.717) is 16.6 Å². The van der Waals surface area contributed by atoms with Gasteiger partial charge in [-0.15, -0.1) is 0 Å². The standard InChI is InChI=1S/C9H8N2O2/c1-5(12)6-4-11-9-8(6)7(13)2-3-10-9/h2-4H,1H3,(H2,10,11,13). The van der Waals surface area contributed by atoms with Crippen molar-refractivity contribution in [3.8, 4) is 0 Å². The largest absolute Gasteiger partial charge is 0.347 e. The first-order valence-corrected chi connectivity index (χ1v) is 3.90. The summed E-state index contributed by atoms with van der Waals surface area (Å²) in [7, 11) is 0. The minimum atomic E-state index is -0.139. The third kappa shape index (κ3) is 1.07. The average molecular weight is 176 g/mol.